The summed E-state index contributed by atoms with van der Waals surface area (Å²) in [4.78, 5) is 15.9. The number of carbonyl (C=O) groups is 1. The van der Waals surface area contributed by atoms with Gasteiger partial charge < -0.3 is 15.2 Å². The van der Waals surface area contributed by atoms with E-state index in [4.69, 9.17) is 15.2 Å². The molecule has 2 rings (SSSR count). The van der Waals surface area contributed by atoms with Crippen LogP contribution in [0.4, 0.5) is 5.69 Å². The number of hydrogen-bond donors (Lipinski definition) is 1. The summed E-state index contributed by atoms with van der Waals surface area (Å²) < 4.78 is 11.9. The average molecular weight is 290 g/mol. The Hall–Kier alpha value is -2.57. The lowest BCUT2D eigenvalue weighted by molar-refractivity contribution is -0.146. The quantitative estimate of drug-likeness (QED) is 0.833. The van der Waals surface area contributed by atoms with Crippen LogP contribution >= 0.6 is 0 Å². The molecule has 0 atom stereocenters. The van der Waals surface area contributed by atoms with Crippen LogP contribution in [0.5, 0.6) is 5.88 Å². The Morgan fingerprint density at radius 3 is 2.81 bits per heavy atom. The number of nitrogens with zero attached hydrogens (tertiary/aromatic N) is 3. The Balaban J connectivity index is 1.97. The number of methoxy groups -OCH3 is 1. The first-order valence-electron chi connectivity index (χ1n) is 6.46. The molecular formula is C14H18N4O3. The van der Waals surface area contributed by atoms with Crippen LogP contribution in [0.2, 0.25) is 0 Å². The molecule has 0 amide bonds. The van der Waals surface area contributed by atoms with E-state index in [0.717, 1.165) is 5.69 Å². The average Bonchev–Trinajstić information content (AvgIpc) is 2.72. The number of aryl methyl sites for hydroxylation is 1. The van der Waals surface area contributed by atoms with E-state index in [1.54, 1.807) is 25.3 Å². The second-order valence-corrected chi connectivity index (χ2v) is 4.57. The first-order chi connectivity index (χ1) is 10.0. The van der Waals surface area contributed by atoms with Crippen molar-refractivity contribution in [3.8, 4) is 5.88 Å². The predicted molar refractivity (Wildman–Crippen MR) is 76.7 cm³/mol. The maximum absolute atomic E-state index is 11.9. The second-order valence-electron chi connectivity index (χ2n) is 4.57. The normalized spacial score (nSPS) is 10.4. The molecule has 0 saturated heterocycles. The highest BCUT2D eigenvalue weighted by Gasteiger charge is 2.13. The molecule has 2 N–H and O–H groups in total. The highest BCUT2D eigenvalue weighted by molar-refractivity contribution is 5.69. The van der Waals surface area contributed by atoms with Gasteiger partial charge in [-0.3, -0.25) is 9.48 Å². The number of hydrogen-bond acceptors (Lipinski definition) is 6. The Kier molecular flexibility index (Phi) is 4.42. The van der Waals surface area contributed by atoms with Gasteiger partial charge in [-0.2, -0.15) is 5.10 Å². The van der Waals surface area contributed by atoms with Crippen molar-refractivity contribution in [2.24, 2.45) is 0 Å². The summed E-state index contributed by atoms with van der Waals surface area (Å²) in [5.74, 6) is 0.0483. The number of esters is 1. The third-order valence-electron chi connectivity index (χ3n) is 3.15. The fraction of sp³-hybridized carbons (Fsp3) is 0.357. The second kappa shape index (κ2) is 6.25. The molecule has 0 unspecified atom stereocenters. The van der Waals surface area contributed by atoms with Crippen LogP contribution < -0.4 is 10.5 Å². The van der Waals surface area contributed by atoms with Crippen LogP contribution in [0.3, 0.4) is 0 Å². The van der Waals surface area contributed by atoms with Crippen molar-refractivity contribution < 1.29 is 14.3 Å². The van der Waals surface area contributed by atoms with Gasteiger partial charge in [-0.05, 0) is 26.0 Å². The number of carbonyl (C=O) groups excluding carboxylic acids is 1. The van der Waals surface area contributed by atoms with E-state index in [1.807, 2.05) is 6.92 Å². The standard InChI is InChI=1S/C14H18N4O3/c1-9-13(15)10(2)18(17-9)7-12(19)21-8-11-5-4-6-16-14(11)20-3/h4-6H,7-8,15H2,1-3H3. The summed E-state index contributed by atoms with van der Waals surface area (Å²) in [6.07, 6.45) is 1.61. The fourth-order valence-corrected chi connectivity index (χ4v) is 1.91. The van der Waals surface area contributed by atoms with Crippen LogP contribution in [0, 0.1) is 13.8 Å². The van der Waals surface area contributed by atoms with Crippen molar-refractivity contribution in [1.29, 1.82) is 0 Å². The Labute approximate surface area is 122 Å². The number of aromatic nitrogens is 3. The van der Waals surface area contributed by atoms with E-state index < -0.39 is 5.97 Å². The summed E-state index contributed by atoms with van der Waals surface area (Å²) in [6.45, 7) is 3.73. The number of anilines is 1. The molecule has 0 bridgehead atoms. The largest absolute Gasteiger partial charge is 0.481 e. The highest BCUT2D eigenvalue weighted by Crippen LogP contribution is 2.16. The van der Waals surface area contributed by atoms with Crippen LogP contribution in [0.25, 0.3) is 0 Å². The zero-order valence-corrected chi connectivity index (χ0v) is 12.3. The van der Waals surface area contributed by atoms with Gasteiger partial charge in [-0.15, -0.1) is 0 Å². The van der Waals surface area contributed by atoms with Gasteiger partial charge >= 0.3 is 5.97 Å². The van der Waals surface area contributed by atoms with Crippen molar-refractivity contribution in [3.05, 3.63) is 35.3 Å². The predicted octanol–water partition coefficient (Wildman–Crippen LogP) is 1.23. The SMILES string of the molecule is COc1ncccc1COC(=O)Cn1nc(C)c(N)c1C. The molecule has 112 valence electrons. The summed E-state index contributed by atoms with van der Waals surface area (Å²) in [7, 11) is 1.52. The lowest BCUT2D eigenvalue weighted by atomic mass is 10.3. The van der Waals surface area contributed by atoms with E-state index in [2.05, 4.69) is 10.1 Å². The minimum Gasteiger partial charge on any atom is -0.481 e. The van der Waals surface area contributed by atoms with Gasteiger partial charge in [0, 0.05) is 6.20 Å². The van der Waals surface area contributed by atoms with Crippen LogP contribution in [0.1, 0.15) is 17.0 Å². The third-order valence-corrected chi connectivity index (χ3v) is 3.15. The van der Waals surface area contributed by atoms with Crippen molar-refractivity contribution in [3.63, 3.8) is 0 Å². The van der Waals surface area contributed by atoms with Crippen LogP contribution in [0.15, 0.2) is 18.3 Å². The van der Waals surface area contributed by atoms with E-state index in [0.29, 0.717) is 22.8 Å². The Bertz CT molecular complexity index is 652. The fourth-order valence-electron chi connectivity index (χ4n) is 1.91. The van der Waals surface area contributed by atoms with E-state index in [-0.39, 0.29) is 13.2 Å². The smallest absolute Gasteiger partial charge is 0.328 e. The van der Waals surface area contributed by atoms with Gasteiger partial charge in [-0.25, -0.2) is 4.98 Å². The van der Waals surface area contributed by atoms with Gasteiger partial charge in [-0.1, -0.05) is 0 Å². The Morgan fingerprint density at radius 2 is 2.19 bits per heavy atom. The first-order valence-corrected chi connectivity index (χ1v) is 6.46. The van der Waals surface area contributed by atoms with Crippen LogP contribution in [-0.4, -0.2) is 27.8 Å². The minimum atomic E-state index is -0.397. The molecule has 0 radical (unpaired) electrons. The molecule has 2 heterocycles. The topological polar surface area (TPSA) is 92.3 Å². The van der Waals surface area contributed by atoms with E-state index in [1.165, 1.54) is 11.8 Å². The first kappa shape index (κ1) is 14.8. The lowest BCUT2D eigenvalue weighted by Crippen LogP contribution is -2.16. The summed E-state index contributed by atoms with van der Waals surface area (Å²) in [5.41, 5.74) is 8.58. The molecule has 7 nitrogen and oxygen atoms in total. The molecule has 0 spiro atoms. The highest BCUT2D eigenvalue weighted by atomic mass is 16.5. The van der Waals surface area contributed by atoms with Gasteiger partial charge in [0.2, 0.25) is 5.88 Å². The molecular weight excluding hydrogens is 272 g/mol. The number of nitrogens with two attached hydrogens (primary N) is 1. The van der Waals surface area contributed by atoms with Crippen molar-refractivity contribution in [1.82, 2.24) is 14.8 Å². The molecule has 0 aliphatic heterocycles. The summed E-state index contributed by atoms with van der Waals surface area (Å²) in [6, 6.07) is 3.55. The monoisotopic (exact) mass is 290 g/mol. The van der Waals surface area contributed by atoms with E-state index >= 15 is 0 Å². The number of pyridine rings is 1. The molecule has 0 aromatic carbocycles. The van der Waals surface area contributed by atoms with Gasteiger partial charge in [0.25, 0.3) is 0 Å². The minimum absolute atomic E-state index is 0.0203. The van der Waals surface area contributed by atoms with Crippen molar-refractivity contribution >= 4 is 11.7 Å². The molecule has 2 aromatic rings. The summed E-state index contributed by atoms with van der Waals surface area (Å²) >= 11 is 0. The van der Waals surface area contributed by atoms with Gasteiger partial charge in [0.1, 0.15) is 13.2 Å². The molecule has 0 fully saturated rings. The molecule has 2 aromatic heterocycles. The zero-order chi connectivity index (χ0) is 15.4. The molecule has 21 heavy (non-hydrogen) atoms. The lowest BCUT2D eigenvalue weighted by Gasteiger charge is -2.08. The third kappa shape index (κ3) is 3.31. The molecule has 0 saturated carbocycles. The maximum Gasteiger partial charge on any atom is 0.328 e. The van der Waals surface area contributed by atoms with Crippen molar-refractivity contribution in [2.75, 3.05) is 12.8 Å². The maximum atomic E-state index is 11.9. The number of ether oxygens (including phenoxy) is 2. The van der Waals surface area contributed by atoms with Gasteiger partial charge in [0.05, 0.1) is 29.7 Å². The molecule has 7 heteroatoms. The zero-order valence-electron chi connectivity index (χ0n) is 12.3. The molecule has 0 aliphatic rings. The summed E-state index contributed by atoms with van der Waals surface area (Å²) in [5, 5.41) is 4.19. The number of nitrogen functional groups attached to an aromatic ring is 1. The van der Waals surface area contributed by atoms with Crippen LogP contribution in [-0.2, 0) is 22.7 Å². The van der Waals surface area contributed by atoms with Gasteiger partial charge in [0.15, 0.2) is 0 Å². The van der Waals surface area contributed by atoms with Crippen molar-refractivity contribution in [2.45, 2.75) is 27.0 Å². The van der Waals surface area contributed by atoms with E-state index in [9.17, 15) is 4.79 Å². The Morgan fingerprint density at radius 1 is 1.43 bits per heavy atom. The molecule has 0 aliphatic carbocycles. The number of rotatable bonds is 5.